The van der Waals surface area contributed by atoms with Crippen LogP contribution < -0.4 is 0 Å². The number of rotatable bonds is 3. The molecule has 2 aromatic rings. The third-order valence-electron chi connectivity index (χ3n) is 4.18. The molecule has 3 rings (SSSR count). The summed E-state index contributed by atoms with van der Waals surface area (Å²) in [7, 11) is 0. The second-order valence-electron chi connectivity index (χ2n) is 7.16. The highest BCUT2D eigenvalue weighted by Crippen LogP contribution is 2.34. The van der Waals surface area contributed by atoms with Crippen LogP contribution in [0.3, 0.4) is 0 Å². The van der Waals surface area contributed by atoms with Crippen LogP contribution in [0.5, 0.6) is 0 Å². The van der Waals surface area contributed by atoms with Crippen molar-refractivity contribution in [1.29, 1.82) is 0 Å². The summed E-state index contributed by atoms with van der Waals surface area (Å²) in [6, 6.07) is 10.6. The van der Waals surface area contributed by atoms with Crippen molar-refractivity contribution in [2.24, 2.45) is 5.41 Å². The average Bonchev–Trinajstić information content (AvgIpc) is 3.08. The first-order valence-electron chi connectivity index (χ1n) is 8.32. The monoisotopic (exact) mass is 362 g/mol. The minimum atomic E-state index is -0.250. The molecule has 2 atom stereocenters. The highest BCUT2D eigenvalue weighted by atomic mass is 32.1. The van der Waals surface area contributed by atoms with E-state index in [1.54, 1.807) is 11.3 Å². The van der Waals surface area contributed by atoms with E-state index in [1.807, 2.05) is 11.7 Å². The quantitative estimate of drug-likeness (QED) is 0.841. The first-order chi connectivity index (χ1) is 11.9. The molecule has 0 unspecified atom stereocenters. The predicted molar refractivity (Wildman–Crippen MR) is 99.6 cm³/mol. The Labute approximate surface area is 153 Å². The smallest absolute Gasteiger partial charge is 0.290 e. The maximum Gasteiger partial charge on any atom is 0.290 e. The van der Waals surface area contributed by atoms with Crippen LogP contribution >= 0.6 is 11.3 Å². The van der Waals surface area contributed by atoms with Crippen molar-refractivity contribution in [2.75, 3.05) is 13.1 Å². The van der Waals surface area contributed by atoms with Gasteiger partial charge in [-0.2, -0.15) is 0 Å². The fourth-order valence-corrected chi connectivity index (χ4v) is 3.46. The first kappa shape index (κ1) is 19.6. The third kappa shape index (κ3) is 5.92. The Hall–Kier alpha value is -1.76. The summed E-state index contributed by atoms with van der Waals surface area (Å²) >= 11 is 1.73. The van der Waals surface area contributed by atoms with Gasteiger partial charge in [-0.1, -0.05) is 51.1 Å². The summed E-state index contributed by atoms with van der Waals surface area (Å²) < 4.78 is 6.43. The van der Waals surface area contributed by atoms with Gasteiger partial charge >= 0.3 is 0 Å². The molecule has 0 radical (unpaired) electrons. The van der Waals surface area contributed by atoms with Crippen molar-refractivity contribution in [2.45, 2.75) is 39.5 Å². The number of hydrogen-bond donors (Lipinski definition) is 1. The van der Waals surface area contributed by atoms with Gasteiger partial charge in [-0.25, -0.2) is 0 Å². The molecule has 25 heavy (non-hydrogen) atoms. The normalized spacial score (nSPS) is 21.2. The van der Waals surface area contributed by atoms with Crippen LogP contribution in [0, 0.1) is 5.41 Å². The standard InChI is InChI=1S/C18H24N2OS.CH2O2/c1-18(2,3)17-12-20(10-15-9-19-13-22-15)11-16(21-17)14-7-5-4-6-8-14;2-1-3/h4-9,13,16-17H,10-12H2,1-3H3;1H,(H,2,3)/t16-,17+;/m0./s1. The minimum Gasteiger partial charge on any atom is -0.483 e. The van der Waals surface area contributed by atoms with E-state index in [2.05, 4.69) is 61.0 Å². The molecule has 0 bridgehead atoms. The van der Waals surface area contributed by atoms with Gasteiger partial charge in [0.05, 0.1) is 17.7 Å². The molecule has 0 spiro atoms. The first-order valence-corrected chi connectivity index (χ1v) is 9.20. The summed E-state index contributed by atoms with van der Waals surface area (Å²) in [5, 5.41) is 6.89. The van der Waals surface area contributed by atoms with E-state index >= 15 is 0 Å². The molecule has 136 valence electrons. The topological polar surface area (TPSA) is 62.7 Å². The van der Waals surface area contributed by atoms with Crippen molar-refractivity contribution in [3.63, 3.8) is 0 Å². The molecule has 1 aliphatic heterocycles. The summed E-state index contributed by atoms with van der Waals surface area (Å²) in [6.45, 7) is 9.41. The molecule has 2 heterocycles. The predicted octanol–water partition coefficient (Wildman–Crippen LogP) is 3.83. The van der Waals surface area contributed by atoms with Gasteiger partial charge < -0.3 is 9.84 Å². The van der Waals surface area contributed by atoms with E-state index in [4.69, 9.17) is 14.6 Å². The van der Waals surface area contributed by atoms with Gasteiger partial charge in [0.15, 0.2) is 0 Å². The minimum absolute atomic E-state index is 0.138. The number of hydrogen-bond acceptors (Lipinski definition) is 5. The Morgan fingerprint density at radius 2 is 2.00 bits per heavy atom. The molecular weight excluding hydrogens is 336 g/mol. The molecule has 1 aliphatic rings. The van der Waals surface area contributed by atoms with Crippen LogP contribution in [0.4, 0.5) is 0 Å². The van der Waals surface area contributed by atoms with Crippen molar-refractivity contribution >= 4 is 17.8 Å². The molecule has 5 nitrogen and oxygen atoms in total. The molecule has 0 saturated carbocycles. The van der Waals surface area contributed by atoms with Crippen LogP contribution in [0.15, 0.2) is 42.0 Å². The van der Waals surface area contributed by atoms with Gasteiger partial charge in [-0.3, -0.25) is 14.7 Å². The zero-order chi connectivity index (χ0) is 18.3. The Bertz CT molecular complexity index is 626. The summed E-state index contributed by atoms with van der Waals surface area (Å²) in [6.07, 6.45) is 2.36. The molecule has 0 amide bonds. The van der Waals surface area contributed by atoms with Crippen LogP contribution in [-0.4, -0.2) is 40.7 Å². The van der Waals surface area contributed by atoms with E-state index in [9.17, 15) is 0 Å². The zero-order valence-corrected chi connectivity index (χ0v) is 15.8. The summed E-state index contributed by atoms with van der Waals surface area (Å²) in [5.41, 5.74) is 3.32. The molecule has 1 N–H and O–H groups in total. The van der Waals surface area contributed by atoms with Gasteiger partial charge in [0.1, 0.15) is 0 Å². The number of ether oxygens (including phenoxy) is 1. The fourth-order valence-electron chi connectivity index (χ4n) is 2.83. The third-order valence-corrected chi connectivity index (χ3v) is 4.94. The maximum absolute atomic E-state index is 8.36. The van der Waals surface area contributed by atoms with Crippen LogP contribution in [0.2, 0.25) is 0 Å². The molecule has 1 aromatic heterocycles. The number of benzene rings is 1. The van der Waals surface area contributed by atoms with Crippen LogP contribution in [0.25, 0.3) is 0 Å². The SMILES string of the molecule is CC(C)(C)[C@H]1CN(Cc2cncs2)C[C@@H](c2ccccc2)O1.O=CO. The highest BCUT2D eigenvalue weighted by molar-refractivity contribution is 7.09. The van der Waals surface area contributed by atoms with E-state index in [0.717, 1.165) is 19.6 Å². The van der Waals surface area contributed by atoms with E-state index in [-0.39, 0.29) is 24.1 Å². The summed E-state index contributed by atoms with van der Waals surface area (Å²) in [5.74, 6) is 0. The number of aromatic nitrogens is 1. The lowest BCUT2D eigenvalue weighted by molar-refractivity contribution is -0.130. The molecule has 6 heteroatoms. The van der Waals surface area contributed by atoms with Crippen LogP contribution in [0.1, 0.15) is 37.3 Å². The Morgan fingerprint density at radius 1 is 1.32 bits per heavy atom. The Balaban J connectivity index is 0.000000701. The molecule has 1 saturated heterocycles. The van der Waals surface area contributed by atoms with E-state index in [1.165, 1.54) is 10.4 Å². The molecular formula is C19H26N2O3S. The molecule has 1 fully saturated rings. The van der Waals surface area contributed by atoms with Crippen molar-refractivity contribution in [3.05, 3.63) is 52.5 Å². The second kappa shape index (κ2) is 9.08. The molecule has 1 aromatic carbocycles. The summed E-state index contributed by atoms with van der Waals surface area (Å²) in [4.78, 5) is 16.4. The molecule has 0 aliphatic carbocycles. The average molecular weight is 362 g/mol. The lowest BCUT2D eigenvalue weighted by Crippen LogP contribution is -2.48. The fraction of sp³-hybridized carbons (Fsp3) is 0.474. The number of carbonyl (C=O) groups is 1. The van der Waals surface area contributed by atoms with Crippen molar-refractivity contribution in [1.82, 2.24) is 9.88 Å². The second-order valence-corrected chi connectivity index (χ2v) is 8.13. The number of carboxylic acid groups (broad SMARTS) is 1. The Morgan fingerprint density at radius 3 is 2.56 bits per heavy atom. The van der Waals surface area contributed by atoms with Crippen molar-refractivity contribution < 1.29 is 14.6 Å². The van der Waals surface area contributed by atoms with Crippen molar-refractivity contribution in [3.8, 4) is 0 Å². The van der Waals surface area contributed by atoms with Gasteiger partial charge in [-0.15, -0.1) is 11.3 Å². The van der Waals surface area contributed by atoms with Gasteiger partial charge in [0.2, 0.25) is 0 Å². The number of morpholine rings is 1. The van der Waals surface area contributed by atoms with E-state index in [0.29, 0.717) is 0 Å². The lowest BCUT2D eigenvalue weighted by atomic mass is 9.87. The van der Waals surface area contributed by atoms with Gasteiger partial charge in [0, 0.05) is 30.7 Å². The Kier molecular flexibility index (Phi) is 7.11. The number of nitrogens with zero attached hydrogens (tertiary/aromatic N) is 2. The number of thiazole rings is 1. The lowest BCUT2D eigenvalue weighted by Gasteiger charge is -2.43. The largest absolute Gasteiger partial charge is 0.483 e. The highest BCUT2D eigenvalue weighted by Gasteiger charge is 2.35. The van der Waals surface area contributed by atoms with Gasteiger partial charge in [-0.05, 0) is 11.0 Å². The van der Waals surface area contributed by atoms with Crippen LogP contribution in [-0.2, 0) is 16.1 Å². The zero-order valence-electron chi connectivity index (χ0n) is 15.0. The van der Waals surface area contributed by atoms with Gasteiger partial charge in [0.25, 0.3) is 6.47 Å². The van der Waals surface area contributed by atoms with E-state index < -0.39 is 0 Å². The maximum atomic E-state index is 8.36.